The topological polar surface area (TPSA) is 62.5 Å². The Morgan fingerprint density at radius 2 is 2.08 bits per heavy atom. The van der Waals surface area contributed by atoms with Gasteiger partial charge in [0.15, 0.2) is 5.76 Å². The van der Waals surface area contributed by atoms with Crippen molar-refractivity contribution in [3.63, 3.8) is 0 Å². The first-order chi connectivity index (χ1) is 11.2. The van der Waals surface area contributed by atoms with E-state index in [0.29, 0.717) is 39.9 Å². The van der Waals surface area contributed by atoms with Crippen molar-refractivity contribution in [3.05, 3.63) is 50.9 Å². The Bertz CT molecular complexity index is 811. The standard InChI is InChI=1S/C18H19Cl2NO3/c1-9-15-13(22)7-18(2,3)8-14(15)24-16(9)17(23)21-12-5-4-10(19)6-11(12)20/h4-6,13,22H,7-8H2,1-3H3,(H,21,23)/t13-/m1/s1. The van der Waals surface area contributed by atoms with Crippen molar-refractivity contribution in [2.24, 2.45) is 5.41 Å². The lowest BCUT2D eigenvalue weighted by atomic mass is 9.75. The molecule has 0 radical (unpaired) electrons. The highest BCUT2D eigenvalue weighted by Gasteiger charge is 2.37. The maximum Gasteiger partial charge on any atom is 0.291 e. The average Bonchev–Trinajstić information content (AvgIpc) is 2.77. The van der Waals surface area contributed by atoms with Crippen LogP contribution in [0.15, 0.2) is 22.6 Å². The van der Waals surface area contributed by atoms with Gasteiger partial charge in [0.25, 0.3) is 5.91 Å². The molecule has 2 N–H and O–H groups in total. The second-order valence-corrected chi connectivity index (χ2v) is 7.88. The van der Waals surface area contributed by atoms with E-state index in [4.69, 9.17) is 27.6 Å². The van der Waals surface area contributed by atoms with E-state index in [1.165, 1.54) is 0 Å². The molecule has 24 heavy (non-hydrogen) atoms. The van der Waals surface area contributed by atoms with Crippen LogP contribution in [0.25, 0.3) is 0 Å². The van der Waals surface area contributed by atoms with Crippen molar-refractivity contribution in [1.29, 1.82) is 0 Å². The Kier molecular flexibility index (Phi) is 4.41. The predicted octanol–water partition coefficient (Wildman–Crippen LogP) is 5.15. The summed E-state index contributed by atoms with van der Waals surface area (Å²) in [7, 11) is 0. The fourth-order valence-electron chi connectivity index (χ4n) is 3.27. The van der Waals surface area contributed by atoms with Gasteiger partial charge in [-0.05, 0) is 37.0 Å². The van der Waals surface area contributed by atoms with Crippen molar-refractivity contribution >= 4 is 34.8 Å². The molecular formula is C18H19Cl2NO3. The van der Waals surface area contributed by atoms with Crippen LogP contribution in [0.3, 0.4) is 0 Å². The predicted molar refractivity (Wildman–Crippen MR) is 94.9 cm³/mol. The molecule has 0 aliphatic heterocycles. The van der Waals surface area contributed by atoms with E-state index in [2.05, 4.69) is 19.2 Å². The number of carbonyl (C=O) groups is 1. The van der Waals surface area contributed by atoms with Gasteiger partial charge in [-0.15, -0.1) is 0 Å². The highest BCUT2D eigenvalue weighted by molar-refractivity contribution is 6.36. The molecule has 1 heterocycles. The summed E-state index contributed by atoms with van der Waals surface area (Å²) in [4.78, 5) is 12.6. The van der Waals surface area contributed by atoms with E-state index in [1.54, 1.807) is 25.1 Å². The molecule has 1 atom stereocenters. The molecule has 1 amide bonds. The Labute approximate surface area is 150 Å². The van der Waals surface area contributed by atoms with Crippen LogP contribution in [-0.2, 0) is 6.42 Å². The molecule has 0 unspecified atom stereocenters. The largest absolute Gasteiger partial charge is 0.455 e. The molecule has 0 fully saturated rings. The van der Waals surface area contributed by atoms with Gasteiger partial charge in [0.05, 0.1) is 16.8 Å². The molecule has 3 rings (SSSR count). The van der Waals surface area contributed by atoms with Gasteiger partial charge in [0.2, 0.25) is 0 Å². The van der Waals surface area contributed by atoms with E-state index in [9.17, 15) is 9.90 Å². The molecule has 0 spiro atoms. The number of hydrogen-bond acceptors (Lipinski definition) is 3. The third-order valence-electron chi connectivity index (χ3n) is 4.37. The number of fused-ring (bicyclic) bond motifs is 1. The average molecular weight is 368 g/mol. The number of halogens is 2. The molecule has 0 saturated carbocycles. The number of anilines is 1. The van der Waals surface area contributed by atoms with E-state index in [-0.39, 0.29) is 11.2 Å². The van der Waals surface area contributed by atoms with Crippen LogP contribution in [0.2, 0.25) is 10.0 Å². The smallest absolute Gasteiger partial charge is 0.291 e. The molecule has 6 heteroatoms. The number of aliphatic hydroxyl groups excluding tert-OH is 1. The van der Waals surface area contributed by atoms with E-state index >= 15 is 0 Å². The zero-order valence-electron chi connectivity index (χ0n) is 13.7. The number of amides is 1. The second kappa shape index (κ2) is 6.10. The number of rotatable bonds is 2. The minimum absolute atomic E-state index is 0.0655. The SMILES string of the molecule is Cc1c(C(=O)Nc2ccc(Cl)cc2Cl)oc2c1[C@H](O)CC(C)(C)C2. The number of aliphatic hydroxyl groups is 1. The van der Waals surface area contributed by atoms with Gasteiger partial charge in [-0.1, -0.05) is 37.0 Å². The molecule has 2 aromatic rings. The number of furan rings is 1. The first-order valence-electron chi connectivity index (χ1n) is 7.74. The molecule has 128 valence electrons. The third kappa shape index (κ3) is 3.18. The fraction of sp³-hybridized carbons (Fsp3) is 0.389. The van der Waals surface area contributed by atoms with Crippen molar-refractivity contribution < 1.29 is 14.3 Å². The maximum atomic E-state index is 12.6. The summed E-state index contributed by atoms with van der Waals surface area (Å²) in [5.74, 6) is 0.502. The Hall–Kier alpha value is -1.49. The van der Waals surface area contributed by atoms with Gasteiger partial charge < -0.3 is 14.8 Å². The minimum atomic E-state index is -0.617. The fourth-order valence-corrected chi connectivity index (χ4v) is 3.73. The molecular weight excluding hydrogens is 349 g/mol. The monoisotopic (exact) mass is 367 g/mol. The van der Waals surface area contributed by atoms with Gasteiger partial charge in [0.1, 0.15) is 5.76 Å². The highest BCUT2D eigenvalue weighted by Crippen LogP contribution is 2.44. The van der Waals surface area contributed by atoms with Crippen LogP contribution in [-0.4, -0.2) is 11.0 Å². The van der Waals surface area contributed by atoms with Gasteiger partial charge in [-0.2, -0.15) is 0 Å². The molecule has 1 aliphatic rings. The lowest BCUT2D eigenvalue weighted by molar-refractivity contribution is 0.0910. The summed E-state index contributed by atoms with van der Waals surface area (Å²) in [5, 5.41) is 14.0. The number of carbonyl (C=O) groups excluding carboxylic acids is 1. The molecule has 1 aromatic heterocycles. The summed E-state index contributed by atoms with van der Waals surface area (Å²) in [6.07, 6.45) is 0.716. The summed E-state index contributed by atoms with van der Waals surface area (Å²) in [6.45, 7) is 5.94. The number of hydrogen-bond donors (Lipinski definition) is 2. The summed E-state index contributed by atoms with van der Waals surface area (Å²) >= 11 is 12.0. The van der Waals surface area contributed by atoms with E-state index in [0.717, 1.165) is 5.56 Å². The van der Waals surface area contributed by atoms with Crippen molar-refractivity contribution in [3.8, 4) is 0 Å². The van der Waals surface area contributed by atoms with E-state index in [1.807, 2.05) is 0 Å². The molecule has 1 aliphatic carbocycles. The summed E-state index contributed by atoms with van der Waals surface area (Å²) in [6, 6.07) is 4.85. The minimum Gasteiger partial charge on any atom is -0.455 e. The van der Waals surface area contributed by atoms with Crippen molar-refractivity contribution in [2.45, 2.75) is 39.7 Å². The second-order valence-electron chi connectivity index (χ2n) is 7.03. The highest BCUT2D eigenvalue weighted by atomic mass is 35.5. The van der Waals surface area contributed by atoms with Crippen LogP contribution in [0.4, 0.5) is 5.69 Å². The van der Waals surface area contributed by atoms with Crippen molar-refractivity contribution in [1.82, 2.24) is 0 Å². The van der Waals surface area contributed by atoms with Crippen LogP contribution in [0.5, 0.6) is 0 Å². The van der Waals surface area contributed by atoms with Crippen LogP contribution in [0, 0.1) is 12.3 Å². The van der Waals surface area contributed by atoms with Gasteiger partial charge >= 0.3 is 0 Å². The van der Waals surface area contributed by atoms with E-state index < -0.39 is 12.0 Å². The first-order valence-corrected chi connectivity index (χ1v) is 8.50. The van der Waals surface area contributed by atoms with Crippen LogP contribution >= 0.6 is 23.2 Å². The summed E-state index contributed by atoms with van der Waals surface area (Å²) in [5.41, 5.74) is 1.81. The molecule has 4 nitrogen and oxygen atoms in total. The van der Waals surface area contributed by atoms with Gasteiger partial charge in [0, 0.05) is 22.6 Å². The van der Waals surface area contributed by atoms with Gasteiger partial charge in [-0.25, -0.2) is 0 Å². The lowest BCUT2D eigenvalue weighted by Crippen LogP contribution is -2.24. The molecule has 0 bridgehead atoms. The van der Waals surface area contributed by atoms with Crippen LogP contribution in [0.1, 0.15) is 53.8 Å². The third-order valence-corrected chi connectivity index (χ3v) is 4.92. The van der Waals surface area contributed by atoms with Gasteiger partial charge in [-0.3, -0.25) is 4.79 Å². The Morgan fingerprint density at radius 3 is 2.75 bits per heavy atom. The first kappa shape index (κ1) is 17.3. The zero-order valence-corrected chi connectivity index (χ0v) is 15.3. The van der Waals surface area contributed by atoms with Crippen LogP contribution < -0.4 is 5.32 Å². The maximum absolute atomic E-state index is 12.6. The van der Waals surface area contributed by atoms with Crippen molar-refractivity contribution in [2.75, 3.05) is 5.32 Å². The molecule has 1 aromatic carbocycles. The summed E-state index contributed by atoms with van der Waals surface area (Å²) < 4.78 is 5.80. The number of benzene rings is 1. The Balaban J connectivity index is 1.92. The lowest BCUT2D eigenvalue weighted by Gasteiger charge is -2.31. The quantitative estimate of drug-likeness (QED) is 0.770. The normalized spacial score (nSPS) is 19.0. The Morgan fingerprint density at radius 1 is 1.38 bits per heavy atom. The number of nitrogens with one attached hydrogen (secondary N) is 1. The molecule has 0 saturated heterocycles. The zero-order chi connectivity index (χ0) is 17.6.